The van der Waals surface area contributed by atoms with Crippen LogP contribution >= 0.6 is 0 Å². The molecule has 0 atom stereocenters. The van der Waals surface area contributed by atoms with E-state index in [0.29, 0.717) is 79.1 Å². The lowest BCUT2D eigenvalue weighted by Gasteiger charge is -2.09. The highest BCUT2D eigenvalue weighted by Gasteiger charge is 2.31. The van der Waals surface area contributed by atoms with Crippen molar-refractivity contribution in [2.75, 3.05) is 14.4 Å². The van der Waals surface area contributed by atoms with Crippen LogP contribution in [0.3, 0.4) is 0 Å². The molecular weight excluding hydrogens is 1150 g/mol. The van der Waals surface area contributed by atoms with Crippen LogP contribution in [0.15, 0.2) is 170 Å². The number of amides is 3. The van der Waals surface area contributed by atoms with Crippen LogP contribution in [0.5, 0.6) is 0 Å². The summed E-state index contributed by atoms with van der Waals surface area (Å²) in [4.78, 5) is 46.9. The summed E-state index contributed by atoms with van der Waals surface area (Å²) in [5.74, 6) is 2.84. The lowest BCUT2D eigenvalue weighted by molar-refractivity contribution is -0.195. The van der Waals surface area contributed by atoms with Crippen molar-refractivity contribution in [3.8, 4) is 45.6 Å². The zero-order chi connectivity index (χ0) is 65.9. The molecule has 10 aromatic rings. The minimum absolute atomic E-state index is 0.0469. The van der Waals surface area contributed by atoms with Gasteiger partial charge in [-0.2, -0.15) is 0 Å². The third-order valence-corrected chi connectivity index (χ3v) is 11.3. The SMILES string of the molecule is CC(=O)NCc1ccc(-c2nnc(C)nn2)cc1.CC(=O)ON1C(=O)CCC1=O.CCc1ccc(-c2nnc(C)nn2)cc1.CCc1ccc(-c2nnc(C)nn2)cc1.C[18F].C[18F].Cc1nnc(-c2ccc(CN)cc2)nn1.c1ccccc1.c1ccccc1. The Balaban J connectivity index is 0.000000278. The second kappa shape index (κ2) is 42.7. The highest BCUT2D eigenvalue weighted by atomic mass is 18.2. The molecule has 3 amide bonds. The Morgan fingerprint density at radius 1 is 0.411 bits per heavy atom. The molecule has 0 spiro atoms. The van der Waals surface area contributed by atoms with Crippen molar-refractivity contribution in [1.29, 1.82) is 0 Å². The van der Waals surface area contributed by atoms with Crippen LogP contribution in [-0.2, 0) is 49.9 Å². The Morgan fingerprint density at radius 3 is 0.856 bits per heavy atom. The minimum atomic E-state index is -0.659. The summed E-state index contributed by atoms with van der Waals surface area (Å²) in [5.41, 5.74) is 13.8. The molecule has 11 rings (SSSR count). The van der Waals surface area contributed by atoms with Gasteiger partial charge in [-0.3, -0.25) is 23.2 Å². The Hall–Kier alpha value is -11.0. The number of aromatic nitrogens is 16. The van der Waals surface area contributed by atoms with E-state index in [1.807, 2.05) is 146 Å². The first kappa shape index (κ1) is 73.2. The van der Waals surface area contributed by atoms with Gasteiger partial charge in [0.1, 0.15) is 0 Å². The molecule has 0 saturated carbocycles. The van der Waals surface area contributed by atoms with Gasteiger partial charge in [-0.15, -0.1) is 86.6 Å². The molecule has 1 aliphatic rings. The monoisotopic (exact) mass is 1220 g/mol. The van der Waals surface area contributed by atoms with Crippen LogP contribution in [-0.4, -0.2) is 125 Å². The van der Waals surface area contributed by atoms with E-state index in [1.54, 1.807) is 27.7 Å². The van der Waals surface area contributed by atoms with E-state index in [4.69, 9.17) is 5.73 Å². The van der Waals surface area contributed by atoms with Gasteiger partial charge in [0.05, 0.1) is 14.4 Å². The summed E-state index contributed by atoms with van der Waals surface area (Å²) in [6.07, 6.45) is 2.33. The number of nitrogens with zero attached hydrogens (tertiary/aromatic N) is 17. The van der Waals surface area contributed by atoms with E-state index >= 15 is 0 Å². The Bertz CT molecular complexity index is 3260. The van der Waals surface area contributed by atoms with Crippen molar-refractivity contribution in [2.24, 2.45) is 5.73 Å². The number of nitrogens with one attached hydrogen (secondary N) is 1. The fourth-order valence-electron chi connectivity index (χ4n) is 6.70. The average Bonchev–Trinajstić information content (AvgIpc) is 4.15. The molecule has 0 aliphatic carbocycles. The zero-order valence-electron chi connectivity index (χ0n) is 51.9. The van der Waals surface area contributed by atoms with Crippen molar-refractivity contribution in [1.82, 2.24) is 92.0 Å². The van der Waals surface area contributed by atoms with Crippen LogP contribution < -0.4 is 11.1 Å². The maximum absolute atomic E-state index is 10.8. The van der Waals surface area contributed by atoms with Gasteiger partial charge in [0.15, 0.2) is 23.3 Å². The Kier molecular flexibility index (Phi) is 34.8. The first-order chi connectivity index (χ1) is 43.6. The minimum Gasteiger partial charge on any atom is -0.352 e. The van der Waals surface area contributed by atoms with Crippen LogP contribution in [0.2, 0.25) is 0 Å². The topological polar surface area (TPSA) is 325 Å². The van der Waals surface area contributed by atoms with E-state index in [9.17, 15) is 28.0 Å². The quantitative estimate of drug-likeness (QED) is 0.120. The number of hydroxylamine groups is 2. The summed E-state index contributed by atoms with van der Waals surface area (Å²) in [7, 11) is 1.00. The molecule has 0 radical (unpaired) electrons. The van der Waals surface area contributed by atoms with Crippen LogP contribution in [0.4, 0.5) is 8.78 Å². The molecule has 5 heterocycles. The van der Waals surface area contributed by atoms with E-state index in [-0.39, 0.29) is 18.7 Å². The van der Waals surface area contributed by atoms with Gasteiger partial charge in [0, 0.05) is 62.0 Å². The summed E-state index contributed by atoms with van der Waals surface area (Å²) in [5, 5.41) is 65.9. The van der Waals surface area contributed by atoms with Crippen molar-refractivity contribution in [2.45, 2.75) is 94.2 Å². The first-order valence-corrected chi connectivity index (χ1v) is 27.9. The molecule has 26 heteroatoms. The molecule has 1 saturated heterocycles. The molecule has 6 aromatic carbocycles. The Labute approximate surface area is 521 Å². The van der Waals surface area contributed by atoms with Crippen molar-refractivity contribution >= 4 is 23.7 Å². The van der Waals surface area contributed by atoms with Gasteiger partial charge >= 0.3 is 5.97 Å². The molecule has 3 N–H and O–H groups in total. The number of benzene rings is 6. The number of aryl methyl sites for hydroxylation is 6. The number of hydrogen-bond acceptors (Lipinski definition) is 22. The van der Waals surface area contributed by atoms with Gasteiger partial charge in [0.2, 0.25) is 29.2 Å². The predicted molar refractivity (Wildman–Crippen MR) is 335 cm³/mol. The fourth-order valence-corrected chi connectivity index (χ4v) is 6.70. The number of imide groups is 1. The van der Waals surface area contributed by atoms with E-state index in [2.05, 4.69) is 130 Å². The average molecular weight is 1220 g/mol. The lowest BCUT2D eigenvalue weighted by Crippen LogP contribution is -2.30. The molecule has 24 nitrogen and oxygen atoms in total. The number of rotatable bonds is 10. The lowest BCUT2D eigenvalue weighted by atomic mass is 10.1. The summed E-state index contributed by atoms with van der Waals surface area (Å²) in [6, 6.07) is 55.5. The van der Waals surface area contributed by atoms with E-state index in [0.717, 1.165) is 53.1 Å². The molecule has 0 bridgehead atoms. The molecule has 1 fully saturated rings. The number of halogens is 2. The van der Waals surface area contributed by atoms with Crippen molar-refractivity contribution < 1.29 is 32.8 Å². The van der Waals surface area contributed by atoms with E-state index < -0.39 is 17.8 Å². The van der Waals surface area contributed by atoms with Gasteiger partial charge in [-0.05, 0) is 62.8 Å². The Morgan fingerprint density at radius 2 is 0.644 bits per heavy atom. The molecule has 468 valence electrons. The highest BCUT2D eigenvalue weighted by molar-refractivity contribution is 6.01. The third-order valence-electron chi connectivity index (χ3n) is 11.3. The smallest absolute Gasteiger partial charge is 0.330 e. The molecule has 4 aromatic heterocycles. The first-order valence-electron chi connectivity index (χ1n) is 27.9. The summed E-state index contributed by atoms with van der Waals surface area (Å²) >= 11 is 0. The number of carbonyl (C=O) groups is 4. The van der Waals surface area contributed by atoms with Crippen LogP contribution in [0.25, 0.3) is 45.6 Å². The second-order valence-electron chi connectivity index (χ2n) is 18.2. The fraction of sp³-hybridized carbons (Fsp3) is 0.250. The number of hydrogen-bond donors (Lipinski definition) is 2. The molecule has 0 unspecified atom stereocenters. The van der Waals surface area contributed by atoms with Crippen molar-refractivity contribution in [3.05, 3.63) is 215 Å². The maximum Gasteiger partial charge on any atom is 0.330 e. The van der Waals surface area contributed by atoms with Gasteiger partial charge < -0.3 is 15.9 Å². The van der Waals surface area contributed by atoms with Gasteiger partial charge in [0.25, 0.3) is 11.8 Å². The van der Waals surface area contributed by atoms with Crippen molar-refractivity contribution in [3.63, 3.8) is 0 Å². The second-order valence-corrected chi connectivity index (χ2v) is 18.2. The van der Waals surface area contributed by atoms with Crippen LogP contribution in [0, 0.1) is 27.7 Å². The maximum atomic E-state index is 10.8. The van der Waals surface area contributed by atoms with Gasteiger partial charge in [-0.1, -0.05) is 184 Å². The third kappa shape index (κ3) is 28.5. The van der Waals surface area contributed by atoms with E-state index in [1.165, 1.54) is 18.1 Å². The molecule has 1 aliphatic heterocycles. The zero-order valence-corrected chi connectivity index (χ0v) is 51.9. The normalized spacial score (nSPS) is 10.5. The highest BCUT2D eigenvalue weighted by Crippen LogP contribution is 2.18. The van der Waals surface area contributed by atoms with Crippen LogP contribution in [0.1, 0.15) is 86.1 Å². The molecule has 90 heavy (non-hydrogen) atoms. The summed E-state index contributed by atoms with van der Waals surface area (Å²) in [6.45, 7) is 15.0. The largest absolute Gasteiger partial charge is 0.352 e. The number of nitrogens with two attached hydrogens (primary N) is 1. The van der Waals surface area contributed by atoms with Gasteiger partial charge in [-0.25, -0.2) is 4.79 Å². The predicted octanol–water partition coefficient (Wildman–Crippen LogP) is 9.35. The number of carbonyl (C=O) groups excluding carboxylic acids is 4. The summed E-state index contributed by atoms with van der Waals surface area (Å²) < 4.78 is 19.0. The standard InChI is InChI=1S/C12H13N5O.2C11H12N4.C10H11N5.C6H7NO4.2C6H6.2CH3F/c1-8-14-16-12(17-15-8)11-5-3-10(4-6-11)7-13-9(2)18;2*1-3-9-4-6-10(7-5-9)11-14-12-8(2)13-15-11;1-7-12-14-10(15-13-7)9-4-2-8(6-11)3-5-9;1-4(8)11-7-5(9)2-3-6(7)10;2*1-2-4-6-5-3-1;2*1-2/h3-6H,7H2,1-2H3,(H,13,18);2*4-7H,3H2,1-2H3;2-5H,6,11H2,1H3;2-3H2,1H3;2*1-6H;2*1H3/i;;;;;;;2*2-1. The molecular formula is C64H73F2N19O5. The number of alkyl halides is 2.